The highest BCUT2D eigenvalue weighted by molar-refractivity contribution is 7.89. The number of hydrogen-bond acceptors (Lipinski definition) is 6. The molecule has 2 aromatic rings. The molecule has 0 spiro atoms. The van der Waals surface area contributed by atoms with Crippen molar-refractivity contribution in [1.82, 2.24) is 14.8 Å². The average Bonchev–Trinajstić information content (AvgIpc) is 2.93. The fourth-order valence-electron chi connectivity index (χ4n) is 1.71. The van der Waals surface area contributed by atoms with Crippen molar-refractivity contribution in [3.63, 3.8) is 0 Å². The number of rotatable bonds is 5. The van der Waals surface area contributed by atoms with E-state index in [1.165, 1.54) is 15.9 Å². The minimum atomic E-state index is -3.89. The van der Waals surface area contributed by atoms with Gasteiger partial charge < -0.3 is 4.74 Å². The number of nitrogens with zero attached hydrogens (tertiary/aromatic N) is 3. The summed E-state index contributed by atoms with van der Waals surface area (Å²) in [6, 6.07) is 1.79. The highest BCUT2D eigenvalue weighted by Crippen LogP contribution is 2.34. The standard InChI is InChI=1S/C10H14N4O3S2/c1-3-5-14-9(8-7(17-2)4-6-18-8)12-13-10(14)19(11,15)16/h4,6H,3,5H2,1-2H3,(H2,11,15,16). The summed E-state index contributed by atoms with van der Waals surface area (Å²) in [5.41, 5.74) is 0. The molecular weight excluding hydrogens is 288 g/mol. The Hall–Kier alpha value is -1.45. The minimum absolute atomic E-state index is 0.222. The Morgan fingerprint density at radius 2 is 2.21 bits per heavy atom. The average molecular weight is 302 g/mol. The zero-order valence-corrected chi connectivity index (χ0v) is 12.2. The van der Waals surface area contributed by atoms with E-state index in [4.69, 9.17) is 9.88 Å². The van der Waals surface area contributed by atoms with E-state index >= 15 is 0 Å². The third kappa shape index (κ3) is 2.62. The summed E-state index contributed by atoms with van der Waals surface area (Å²) >= 11 is 1.41. The third-order valence-corrected chi connectivity index (χ3v) is 4.17. The molecule has 7 nitrogen and oxygen atoms in total. The van der Waals surface area contributed by atoms with E-state index in [-0.39, 0.29) is 5.16 Å². The molecule has 2 N–H and O–H groups in total. The van der Waals surface area contributed by atoms with Gasteiger partial charge in [-0.15, -0.1) is 21.5 Å². The van der Waals surface area contributed by atoms with Crippen LogP contribution >= 0.6 is 11.3 Å². The molecule has 0 unspecified atom stereocenters. The smallest absolute Gasteiger partial charge is 0.273 e. The molecule has 19 heavy (non-hydrogen) atoms. The van der Waals surface area contributed by atoms with Gasteiger partial charge in [0.25, 0.3) is 15.2 Å². The zero-order valence-electron chi connectivity index (χ0n) is 10.5. The van der Waals surface area contributed by atoms with E-state index in [0.717, 1.165) is 11.3 Å². The summed E-state index contributed by atoms with van der Waals surface area (Å²) in [7, 11) is -2.34. The summed E-state index contributed by atoms with van der Waals surface area (Å²) < 4.78 is 29.7. The molecule has 0 bridgehead atoms. The molecule has 2 aromatic heterocycles. The van der Waals surface area contributed by atoms with Crippen LogP contribution in [0.5, 0.6) is 5.75 Å². The van der Waals surface area contributed by atoms with Crippen LogP contribution in [0.3, 0.4) is 0 Å². The first-order valence-corrected chi connectivity index (χ1v) is 7.99. The van der Waals surface area contributed by atoms with E-state index in [9.17, 15) is 8.42 Å². The lowest BCUT2D eigenvalue weighted by molar-refractivity contribution is 0.417. The van der Waals surface area contributed by atoms with Gasteiger partial charge in [-0.3, -0.25) is 4.57 Å². The Balaban J connectivity index is 2.62. The fraction of sp³-hybridized carbons (Fsp3) is 0.400. The summed E-state index contributed by atoms with van der Waals surface area (Å²) in [6.07, 6.45) is 0.737. The van der Waals surface area contributed by atoms with Crippen LogP contribution in [0.25, 0.3) is 10.7 Å². The molecule has 2 heterocycles. The quantitative estimate of drug-likeness (QED) is 0.890. The molecule has 0 amide bonds. The Morgan fingerprint density at radius 1 is 1.47 bits per heavy atom. The second kappa shape index (κ2) is 5.27. The minimum Gasteiger partial charge on any atom is -0.495 e. The molecule has 0 aliphatic carbocycles. The monoisotopic (exact) mass is 302 g/mol. The van der Waals surface area contributed by atoms with E-state index in [1.54, 1.807) is 13.2 Å². The SMILES string of the molecule is CCCn1c(-c2sccc2OC)nnc1S(N)(=O)=O. The lowest BCUT2D eigenvalue weighted by Gasteiger charge is -2.07. The van der Waals surface area contributed by atoms with Gasteiger partial charge in [0.15, 0.2) is 5.82 Å². The van der Waals surface area contributed by atoms with Crippen molar-refractivity contribution in [1.29, 1.82) is 0 Å². The topological polar surface area (TPSA) is 100 Å². The second-order valence-electron chi connectivity index (χ2n) is 3.82. The van der Waals surface area contributed by atoms with Crippen molar-refractivity contribution in [2.75, 3.05) is 7.11 Å². The number of sulfonamides is 1. The number of aromatic nitrogens is 3. The van der Waals surface area contributed by atoms with Gasteiger partial charge in [-0.25, -0.2) is 13.6 Å². The van der Waals surface area contributed by atoms with E-state index in [2.05, 4.69) is 10.2 Å². The maximum absolute atomic E-state index is 11.5. The normalized spacial score (nSPS) is 11.7. The molecular formula is C10H14N4O3S2. The molecule has 0 aliphatic heterocycles. The van der Waals surface area contributed by atoms with Gasteiger partial charge in [0.2, 0.25) is 0 Å². The Kier molecular flexibility index (Phi) is 3.88. The van der Waals surface area contributed by atoms with Gasteiger partial charge in [-0.2, -0.15) is 0 Å². The van der Waals surface area contributed by atoms with Crippen molar-refractivity contribution in [3.8, 4) is 16.5 Å². The van der Waals surface area contributed by atoms with Crippen molar-refractivity contribution < 1.29 is 13.2 Å². The van der Waals surface area contributed by atoms with Gasteiger partial charge >= 0.3 is 0 Å². The first-order chi connectivity index (χ1) is 8.99. The number of thiophene rings is 1. The lowest BCUT2D eigenvalue weighted by atomic mass is 10.4. The van der Waals surface area contributed by atoms with Crippen molar-refractivity contribution in [2.24, 2.45) is 5.14 Å². The Morgan fingerprint density at radius 3 is 2.79 bits per heavy atom. The van der Waals surface area contributed by atoms with Crippen molar-refractivity contribution in [2.45, 2.75) is 25.0 Å². The third-order valence-electron chi connectivity index (χ3n) is 2.47. The first kappa shape index (κ1) is 14.0. The number of ether oxygens (including phenoxy) is 1. The maximum Gasteiger partial charge on any atom is 0.273 e. The fourth-order valence-corrected chi connectivity index (χ4v) is 3.20. The molecule has 0 radical (unpaired) electrons. The Bertz CT molecular complexity index is 675. The predicted molar refractivity (Wildman–Crippen MR) is 71.6 cm³/mol. The van der Waals surface area contributed by atoms with Gasteiger partial charge in [-0.05, 0) is 17.9 Å². The number of hydrogen-bond donors (Lipinski definition) is 1. The van der Waals surface area contributed by atoms with Crippen molar-refractivity contribution in [3.05, 3.63) is 11.4 Å². The van der Waals surface area contributed by atoms with Crippen LogP contribution in [0.4, 0.5) is 0 Å². The molecule has 9 heteroatoms. The van der Waals surface area contributed by atoms with Crippen LogP contribution in [-0.2, 0) is 16.6 Å². The van der Waals surface area contributed by atoms with E-state index in [1.807, 2.05) is 12.3 Å². The molecule has 0 atom stereocenters. The highest BCUT2D eigenvalue weighted by Gasteiger charge is 2.23. The number of nitrogens with two attached hydrogens (primary N) is 1. The van der Waals surface area contributed by atoms with E-state index < -0.39 is 10.0 Å². The van der Waals surface area contributed by atoms with Crippen LogP contribution in [0.1, 0.15) is 13.3 Å². The molecule has 0 fully saturated rings. The number of primary sulfonamides is 1. The summed E-state index contributed by atoms with van der Waals surface area (Å²) in [4.78, 5) is 0.735. The first-order valence-electron chi connectivity index (χ1n) is 5.57. The Labute approximate surface area is 115 Å². The van der Waals surface area contributed by atoms with Gasteiger partial charge in [-0.1, -0.05) is 6.92 Å². The molecule has 2 rings (SSSR count). The maximum atomic E-state index is 11.5. The number of methoxy groups -OCH3 is 1. The predicted octanol–water partition coefficient (Wildman–Crippen LogP) is 1.07. The van der Waals surface area contributed by atoms with Gasteiger partial charge in [0.05, 0.1) is 7.11 Å². The van der Waals surface area contributed by atoms with Crippen LogP contribution in [-0.4, -0.2) is 30.3 Å². The van der Waals surface area contributed by atoms with Gasteiger partial charge in [0.1, 0.15) is 10.6 Å². The van der Waals surface area contributed by atoms with Crippen LogP contribution in [0.15, 0.2) is 16.6 Å². The highest BCUT2D eigenvalue weighted by atomic mass is 32.2. The summed E-state index contributed by atoms with van der Waals surface area (Å²) in [5.74, 6) is 1.09. The lowest BCUT2D eigenvalue weighted by Crippen LogP contribution is -2.19. The van der Waals surface area contributed by atoms with Gasteiger partial charge in [0, 0.05) is 6.54 Å². The van der Waals surface area contributed by atoms with Crippen LogP contribution < -0.4 is 9.88 Å². The summed E-state index contributed by atoms with van der Waals surface area (Å²) in [6.45, 7) is 2.40. The summed E-state index contributed by atoms with van der Waals surface area (Å²) in [5, 5.41) is 14.4. The molecule has 0 saturated heterocycles. The molecule has 0 saturated carbocycles. The molecule has 0 aromatic carbocycles. The van der Waals surface area contributed by atoms with Crippen LogP contribution in [0, 0.1) is 0 Å². The molecule has 104 valence electrons. The van der Waals surface area contributed by atoms with E-state index in [0.29, 0.717) is 18.1 Å². The zero-order chi connectivity index (χ0) is 14.0. The van der Waals surface area contributed by atoms with Crippen molar-refractivity contribution >= 4 is 21.4 Å². The van der Waals surface area contributed by atoms with Crippen LogP contribution in [0.2, 0.25) is 0 Å². The largest absolute Gasteiger partial charge is 0.495 e. The second-order valence-corrected chi connectivity index (χ2v) is 6.19. The molecule has 0 aliphatic rings.